The Hall–Kier alpha value is -2.21. The molecule has 1 N–H and O–H groups in total. The maximum atomic E-state index is 4.37. The van der Waals surface area contributed by atoms with Gasteiger partial charge < -0.3 is 15.1 Å². The van der Waals surface area contributed by atoms with Crippen LogP contribution >= 0.6 is 0 Å². The lowest BCUT2D eigenvalue weighted by Crippen LogP contribution is -2.44. The number of nitrogens with one attached hydrogen (secondary N) is 1. The van der Waals surface area contributed by atoms with E-state index in [0.29, 0.717) is 11.8 Å². The second-order valence-electron chi connectivity index (χ2n) is 4.61. The standard InChI is InChI=1S/C14H20N6/c1-4-16-14(15-2)18-13-6-5-12(11-17-13)20-9-7-19(3)8-10-20/h4-6,11H,1-2,7-10H2,3H3,(H,16,17,18). The minimum Gasteiger partial charge on any atom is -0.368 e. The van der Waals surface area contributed by atoms with Gasteiger partial charge in [-0.2, -0.15) is 0 Å². The highest BCUT2D eigenvalue weighted by Crippen LogP contribution is 2.16. The van der Waals surface area contributed by atoms with Crippen molar-refractivity contribution in [3.63, 3.8) is 0 Å². The highest BCUT2D eigenvalue weighted by atomic mass is 15.3. The molecule has 1 fully saturated rings. The predicted octanol–water partition coefficient (Wildman–Crippen LogP) is 1.45. The van der Waals surface area contributed by atoms with Gasteiger partial charge >= 0.3 is 0 Å². The summed E-state index contributed by atoms with van der Waals surface area (Å²) in [6.45, 7) is 11.2. The summed E-state index contributed by atoms with van der Waals surface area (Å²) in [4.78, 5) is 16.7. The van der Waals surface area contributed by atoms with Gasteiger partial charge in [-0.1, -0.05) is 6.58 Å². The maximum absolute atomic E-state index is 4.37. The Labute approximate surface area is 119 Å². The molecule has 1 aliphatic rings. The zero-order valence-corrected chi connectivity index (χ0v) is 11.8. The average Bonchev–Trinajstić information content (AvgIpc) is 2.48. The van der Waals surface area contributed by atoms with Crippen LogP contribution in [0.5, 0.6) is 0 Å². The number of pyridine rings is 1. The van der Waals surface area contributed by atoms with Gasteiger partial charge in [-0.05, 0) is 25.9 Å². The summed E-state index contributed by atoms with van der Waals surface area (Å²) in [5.41, 5.74) is 1.14. The van der Waals surface area contributed by atoms with Crippen LogP contribution in [-0.4, -0.2) is 55.8 Å². The number of nitrogens with zero attached hydrogens (tertiary/aromatic N) is 5. The fourth-order valence-corrected chi connectivity index (χ4v) is 2.03. The van der Waals surface area contributed by atoms with E-state index in [9.17, 15) is 0 Å². The van der Waals surface area contributed by atoms with Crippen LogP contribution < -0.4 is 10.2 Å². The smallest absolute Gasteiger partial charge is 0.227 e. The summed E-state index contributed by atoms with van der Waals surface area (Å²) in [6, 6.07) is 3.96. The average molecular weight is 272 g/mol. The number of rotatable bonds is 3. The molecule has 0 spiro atoms. The van der Waals surface area contributed by atoms with E-state index in [1.54, 1.807) is 0 Å². The van der Waals surface area contributed by atoms with Gasteiger partial charge in [0.05, 0.1) is 11.9 Å². The summed E-state index contributed by atoms with van der Waals surface area (Å²) >= 11 is 0. The highest BCUT2D eigenvalue weighted by molar-refractivity contribution is 5.96. The maximum Gasteiger partial charge on any atom is 0.227 e. The van der Waals surface area contributed by atoms with Crippen molar-refractivity contribution >= 4 is 24.2 Å². The number of piperazine rings is 1. The van der Waals surface area contributed by atoms with E-state index in [4.69, 9.17) is 0 Å². The van der Waals surface area contributed by atoms with E-state index >= 15 is 0 Å². The van der Waals surface area contributed by atoms with Gasteiger partial charge in [0.15, 0.2) is 0 Å². The largest absolute Gasteiger partial charge is 0.368 e. The van der Waals surface area contributed by atoms with Crippen molar-refractivity contribution in [2.45, 2.75) is 0 Å². The monoisotopic (exact) mass is 272 g/mol. The first-order chi connectivity index (χ1) is 9.72. The van der Waals surface area contributed by atoms with Crippen LogP contribution in [0.3, 0.4) is 0 Å². The van der Waals surface area contributed by atoms with Crippen LogP contribution in [0, 0.1) is 0 Å². The van der Waals surface area contributed by atoms with Crippen molar-refractivity contribution in [2.24, 2.45) is 9.98 Å². The van der Waals surface area contributed by atoms with Gasteiger partial charge in [-0.3, -0.25) is 0 Å². The zero-order chi connectivity index (χ0) is 14.4. The lowest BCUT2D eigenvalue weighted by molar-refractivity contribution is 0.313. The normalized spacial score (nSPS) is 16.9. The van der Waals surface area contributed by atoms with Gasteiger partial charge in [-0.15, -0.1) is 0 Å². The molecule has 6 heteroatoms. The quantitative estimate of drug-likeness (QED) is 0.668. The van der Waals surface area contributed by atoms with Crippen molar-refractivity contribution in [3.8, 4) is 0 Å². The molecule has 6 nitrogen and oxygen atoms in total. The third-order valence-electron chi connectivity index (χ3n) is 3.22. The zero-order valence-electron chi connectivity index (χ0n) is 11.8. The number of hydrogen-bond donors (Lipinski definition) is 1. The molecule has 0 aliphatic carbocycles. The topological polar surface area (TPSA) is 56.1 Å². The van der Waals surface area contributed by atoms with Crippen LogP contribution in [0.15, 0.2) is 41.1 Å². The van der Waals surface area contributed by atoms with Gasteiger partial charge in [0.25, 0.3) is 0 Å². The Morgan fingerprint density at radius 1 is 1.35 bits per heavy atom. The lowest BCUT2D eigenvalue weighted by atomic mass is 10.3. The molecule has 2 rings (SSSR count). The first-order valence-electron chi connectivity index (χ1n) is 6.55. The Bertz CT molecular complexity index is 485. The molecule has 0 saturated carbocycles. The lowest BCUT2D eigenvalue weighted by Gasteiger charge is -2.33. The fourth-order valence-electron chi connectivity index (χ4n) is 2.03. The highest BCUT2D eigenvalue weighted by Gasteiger charge is 2.14. The van der Waals surface area contributed by atoms with Gasteiger partial charge in [0, 0.05) is 32.4 Å². The van der Waals surface area contributed by atoms with E-state index in [1.807, 2.05) is 12.3 Å². The predicted molar refractivity (Wildman–Crippen MR) is 84.8 cm³/mol. The molecular weight excluding hydrogens is 252 g/mol. The number of hydrogen-bond acceptors (Lipinski definition) is 4. The fraction of sp³-hybridized carbons (Fsp3) is 0.357. The molecule has 1 aliphatic heterocycles. The van der Waals surface area contributed by atoms with Crippen molar-refractivity contribution < 1.29 is 0 Å². The van der Waals surface area contributed by atoms with Gasteiger partial charge in [-0.25, -0.2) is 15.0 Å². The summed E-state index contributed by atoms with van der Waals surface area (Å²) < 4.78 is 0. The van der Waals surface area contributed by atoms with E-state index in [-0.39, 0.29) is 0 Å². The molecule has 0 aromatic carbocycles. The SMILES string of the molecule is C=CN=C(N=C)Nc1ccc(N2CCN(C)CC2)cn1. The molecule has 2 heterocycles. The van der Waals surface area contributed by atoms with E-state index in [2.05, 4.69) is 56.5 Å². The number of anilines is 2. The van der Waals surface area contributed by atoms with Crippen LogP contribution in [0.1, 0.15) is 0 Å². The molecule has 1 aromatic heterocycles. The molecule has 106 valence electrons. The molecule has 1 saturated heterocycles. The van der Waals surface area contributed by atoms with Crippen LogP contribution in [-0.2, 0) is 0 Å². The Morgan fingerprint density at radius 3 is 2.65 bits per heavy atom. The van der Waals surface area contributed by atoms with E-state index in [0.717, 1.165) is 31.9 Å². The Morgan fingerprint density at radius 2 is 2.10 bits per heavy atom. The van der Waals surface area contributed by atoms with Crippen LogP contribution in [0.2, 0.25) is 0 Å². The molecule has 1 aromatic rings. The number of likely N-dealkylation sites (N-methyl/N-ethyl adjacent to an activating group) is 1. The second-order valence-corrected chi connectivity index (χ2v) is 4.61. The number of aliphatic imine (C=N–C) groups is 2. The number of guanidine groups is 1. The summed E-state index contributed by atoms with van der Waals surface area (Å²) in [7, 11) is 2.14. The third kappa shape index (κ3) is 3.64. The summed E-state index contributed by atoms with van der Waals surface area (Å²) in [6.07, 6.45) is 3.28. The molecule has 0 amide bonds. The van der Waals surface area contributed by atoms with Crippen molar-refractivity contribution in [2.75, 3.05) is 43.4 Å². The molecule has 0 radical (unpaired) electrons. The number of aromatic nitrogens is 1. The first-order valence-corrected chi connectivity index (χ1v) is 6.55. The Balaban J connectivity index is 2.01. The minimum atomic E-state index is 0.389. The summed E-state index contributed by atoms with van der Waals surface area (Å²) in [5.74, 6) is 1.08. The minimum absolute atomic E-state index is 0.389. The third-order valence-corrected chi connectivity index (χ3v) is 3.22. The van der Waals surface area contributed by atoms with E-state index in [1.165, 1.54) is 6.20 Å². The van der Waals surface area contributed by atoms with E-state index < -0.39 is 0 Å². The molecule has 0 unspecified atom stereocenters. The van der Waals surface area contributed by atoms with Crippen molar-refractivity contribution in [3.05, 3.63) is 31.1 Å². The van der Waals surface area contributed by atoms with Gasteiger partial charge in [0.1, 0.15) is 5.82 Å². The second kappa shape index (κ2) is 6.81. The van der Waals surface area contributed by atoms with Crippen molar-refractivity contribution in [1.82, 2.24) is 9.88 Å². The summed E-state index contributed by atoms with van der Waals surface area (Å²) in [5, 5.41) is 2.98. The molecular formula is C14H20N6. The molecule has 0 bridgehead atoms. The van der Waals surface area contributed by atoms with Crippen LogP contribution in [0.4, 0.5) is 11.5 Å². The molecule has 0 atom stereocenters. The van der Waals surface area contributed by atoms with Crippen LogP contribution in [0.25, 0.3) is 0 Å². The Kier molecular flexibility index (Phi) is 4.84. The molecule has 20 heavy (non-hydrogen) atoms. The van der Waals surface area contributed by atoms with Gasteiger partial charge in [0.2, 0.25) is 5.96 Å². The van der Waals surface area contributed by atoms with Crippen molar-refractivity contribution in [1.29, 1.82) is 0 Å². The first kappa shape index (κ1) is 14.2.